The van der Waals surface area contributed by atoms with Gasteiger partial charge in [-0.05, 0) is 103 Å². The van der Waals surface area contributed by atoms with Crippen LogP contribution in [0, 0.1) is 18.6 Å². The third-order valence-corrected chi connectivity index (χ3v) is 7.64. The zero-order chi connectivity index (χ0) is 31.9. The number of carbonyl (C=O) groups is 1. The lowest BCUT2D eigenvalue weighted by molar-refractivity contribution is 0.102. The molecule has 0 unspecified atom stereocenters. The number of amides is 1. The van der Waals surface area contributed by atoms with E-state index in [0.29, 0.717) is 40.5 Å². The van der Waals surface area contributed by atoms with Crippen LogP contribution >= 0.6 is 12.2 Å². The number of carbonyl (C=O) groups excluding carboxylic acids is 1. The van der Waals surface area contributed by atoms with Gasteiger partial charge in [0, 0.05) is 29.2 Å². The topological polar surface area (TPSA) is 113 Å². The van der Waals surface area contributed by atoms with E-state index in [2.05, 4.69) is 52.9 Å². The number of anilines is 2. The highest BCUT2D eigenvalue weighted by molar-refractivity contribution is 7.71. The Balaban J connectivity index is 1.22. The van der Waals surface area contributed by atoms with Gasteiger partial charge in [-0.3, -0.25) is 14.5 Å². The Hall–Kier alpha value is -5.35. The van der Waals surface area contributed by atoms with Gasteiger partial charge in [0.15, 0.2) is 16.3 Å². The lowest BCUT2D eigenvalue weighted by Gasteiger charge is -2.16. The van der Waals surface area contributed by atoms with Gasteiger partial charge in [0.25, 0.3) is 5.91 Å². The first-order chi connectivity index (χ1) is 21.7. The Labute approximate surface area is 267 Å². The summed E-state index contributed by atoms with van der Waals surface area (Å²) in [6.45, 7) is 4.79. The van der Waals surface area contributed by atoms with Crippen molar-refractivity contribution in [2.45, 2.75) is 26.8 Å². The van der Waals surface area contributed by atoms with Crippen LogP contribution in [-0.4, -0.2) is 40.0 Å². The summed E-state index contributed by atoms with van der Waals surface area (Å²) in [7, 11) is 3.03. The fraction of sp³-hybridized carbons (Fsp3) is 0.171. The number of hydrogen-bond acceptors (Lipinski definition) is 7. The molecule has 0 aliphatic rings. The molecule has 0 spiro atoms. The van der Waals surface area contributed by atoms with Crippen molar-refractivity contribution in [2.24, 2.45) is 0 Å². The van der Waals surface area contributed by atoms with Gasteiger partial charge < -0.3 is 25.2 Å². The molecule has 5 aromatic rings. The fourth-order valence-electron chi connectivity index (χ4n) is 5.11. The van der Waals surface area contributed by atoms with E-state index in [1.165, 1.54) is 25.3 Å². The molecule has 0 saturated heterocycles. The summed E-state index contributed by atoms with van der Waals surface area (Å²) in [4.78, 5) is 12.9. The fourth-order valence-corrected chi connectivity index (χ4v) is 5.31. The molecule has 0 fully saturated rings. The summed E-state index contributed by atoms with van der Waals surface area (Å²) in [5.74, 6) is 0.512. The van der Waals surface area contributed by atoms with Crippen molar-refractivity contribution in [1.29, 1.82) is 0 Å². The van der Waals surface area contributed by atoms with Crippen LogP contribution in [0.3, 0.4) is 0 Å². The van der Waals surface area contributed by atoms with E-state index >= 15 is 0 Å². The normalized spacial score (nSPS) is 11.0. The molecule has 1 heterocycles. The van der Waals surface area contributed by atoms with Crippen molar-refractivity contribution in [3.63, 3.8) is 0 Å². The number of phenolic OH excluding ortho intramolecular Hbond substituents is 1. The lowest BCUT2D eigenvalue weighted by atomic mass is 10.0. The van der Waals surface area contributed by atoms with Crippen LogP contribution in [0.25, 0.3) is 11.8 Å². The monoisotopic (exact) mass is 621 g/mol. The van der Waals surface area contributed by atoms with Gasteiger partial charge in [0.05, 0.1) is 14.2 Å². The Bertz CT molecular complexity index is 1870. The van der Waals surface area contributed by atoms with Gasteiger partial charge in [0.1, 0.15) is 6.33 Å². The summed E-state index contributed by atoms with van der Waals surface area (Å²) in [5.41, 5.74) is 8.60. The van der Waals surface area contributed by atoms with Gasteiger partial charge in [-0.25, -0.2) is 0 Å². The minimum atomic E-state index is -0.186. The first kappa shape index (κ1) is 31.1. The first-order valence-electron chi connectivity index (χ1n) is 14.3. The number of nitrogens with zero attached hydrogens (tertiary/aromatic N) is 2. The van der Waals surface area contributed by atoms with E-state index in [0.717, 1.165) is 28.1 Å². The van der Waals surface area contributed by atoms with Crippen molar-refractivity contribution in [2.75, 3.05) is 24.9 Å². The molecule has 0 atom stereocenters. The summed E-state index contributed by atoms with van der Waals surface area (Å²) >= 11 is 5.21. The van der Waals surface area contributed by atoms with Crippen LogP contribution in [0.4, 0.5) is 11.4 Å². The number of aromatic hydroxyl groups is 1. The molecule has 0 radical (unpaired) electrons. The zero-order valence-corrected chi connectivity index (χ0v) is 26.4. The number of aromatic amines is 1. The second-order valence-corrected chi connectivity index (χ2v) is 11.0. The number of methoxy groups -OCH3 is 2. The molecule has 9 nitrogen and oxygen atoms in total. The largest absolute Gasteiger partial charge is 0.502 e. The molecular weight excluding hydrogens is 586 g/mol. The molecule has 5 rings (SSSR count). The number of aromatic nitrogens is 3. The second kappa shape index (κ2) is 14.0. The van der Waals surface area contributed by atoms with Crippen LogP contribution in [-0.2, 0) is 13.0 Å². The van der Waals surface area contributed by atoms with Crippen molar-refractivity contribution >= 4 is 35.6 Å². The van der Waals surface area contributed by atoms with E-state index in [-0.39, 0.29) is 11.7 Å². The quantitative estimate of drug-likeness (QED) is 0.114. The molecule has 0 bridgehead atoms. The minimum absolute atomic E-state index is 0.0191. The molecule has 4 aromatic carbocycles. The molecule has 230 valence electrons. The van der Waals surface area contributed by atoms with Crippen molar-refractivity contribution < 1.29 is 19.4 Å². The maximum Gasteiger partial charge on any atom is 0.255 e. The van der Waals surface area contributed by atoms with Crippen LogP contribution < -0.4 is 20.1 Å². The number of ether oxygens (including phenoxy) is 2. The number of hydrogen-bond donors (Lipinski definition) is 4. The van der Waals surface area contributed by atoms with Crippen LogP contribution in [0.2, 0.25) is 0 Å². The smallest absolute Gasteiger partial charge is 0.255 e. The van der Waals surface area contributed by atoms with E-state index in [9.17, 15) is 9.90 Å². The summed E-state index contributed by atoms with van der Waals surface area (Å²) < 4.78 is 12.8. The van der Waals surface area contributed by atoms with Gasteiger partial charge >= 0.3 is 0 Å². The molecular formula is C35H35N5O4S. The molecule has 0 aliphatic heterocycles. The number of phenols is 1. The summed E-state index contributed by atoms with van der Waals surface area (Å²) in [6.07, 6.45) is 6.38. The van der Waals surface area contributed by atoms with Crippen LogP contribution in [0.15, 0.2) is 85.2 Å². The summed E-state index contributed by atoms with van der Waals surface area (Å²) in [5, 5.41) is 23.4. The molecule has 0 aliphatic carbocycles. The van der Waals surface area contributed by atoms with Crippen molar-refractivity contribution in [3.05, 3.63) is 123 Å². The Kier molecular flexibility index (Phi) is 9.64. The van der Waals surface area contributed by atoms with Gasteiger partial charge in [-0.2, -0.15) is 5.10 Å². The maximum absolute atomic E-state index is 12.9. The second-order valence-electron chi connectivity index (χ2n) is 10.6. The number of nitrogens with one attached hydrogen (secondary N) is 3. The molecule has 1 aromatic heterocycles. The lowest BCUT2D eigenvalue weighted by Crippen LogP contribution is -2.12. The molecule has 10 heteroatoms. The van der Waals surface area contributed by atoms with Gasteiger partial charge in [0.2, 0.25) is 5.75 Å². The standard InChI is InChI=1S/C35H35N5O4S/c1-22-16-23(2)32(27(17-22)7-5-6-25-18-30(43-3)33(41)31(19-25)44-4)36-20-24-8-10-26(11-9-24)34(42)38-28-12-14-29(15-13-28)40-21-37-39-35(40)45/h5-6,8-19,21,36,41H,7,20H2,1-4H3,(H,38,42)(H,39,45). The average molecular weight is 622 g/mol. The van der Waals surface area contributed by atoms with E-state index in [4.69, 9.17) is 21.7 Å². The summed E-state index contributed by atoms with van der Waals surface area (Å²) in [6, 6.07) is 22.9. The molecule has 0 saturated carbocycles. The van der Waals surface area contributed by atoms with E-state index in [1.807, 2.05) is 54.6 Å². The Morgan fingerprint density at radius 3 is 2.31 bits per heavy atom. The van der Waals surface area contributed by atoms with Crippen molar-refractivity contribution in [1.82, 2.24) is 14.8 Å². The van der Waals surface area contributed by atoms with Crippen molar-refractivity contribution in [3.8, 4) is 22.9 Å². The predicted octanol–water partition coefficient (Wildman–Crippen LogP) is 7.39. The third kappa shape index (κ3) is 7.42. The molecule has 45 heavy (non-hydrogen) atoms. The van der Waals surface area contributed by atoms with E-state index < -0.39 is 0 Å². The zero-order valence-electron chi connectivity index (χ0n) is 25.5. The van der Waals surface area contributed by atoms with Gasteiger partial charge in [-0.1, -0.05) is 42.0 Å². The number of allylic oxidation sites excluding steroid dienone is 1. The first-order valence-corrected chi connectivity index (χ1v) is 14.7. The highest BCUT2D eigenvalue weighted by Gasteiger charge is 2.11. The van der Waals surface area contributed by atoms with Crippen LogP contribution in [0.1, 0.15) is 38.2 Å². The number of H-pyrrole nitrogens is 1. The number of aryl methyl sites for hydroxylation is 2. The van der Waals surface area contributed by atoms with Crippen LogP contribution in [0.5, 0.6) is 17.2 Å². The van der Waals surface area contributed by atoms with E-state index in [1.54, 1.807) is 23.0 Å². The Morgan fingerprint density at radius 1 is 1.00 bits per heavy atom. The van der Waals surface area contributed by atoms with Gasteiger partial charge in [-0.15, -0.1) is 0 Å². The minimum Gasteiger partial charge on any atom is -0.502 e. The predicted molar refractivity (Wildman–Crippen MR) is 180 cm³/mol. The maximum atomic E-state index is 12.9. The average Bonchev–Trinajstić information content (AvgIpc) is 3.47. The SMILES string of the molecule is COc1cc(C=CCc2cc(C)cc(C)c2NCc2ccc(C(=O)Nc3ccc(-n4cn[nH]c4=S)cc3)cc2)cc(OC)c1O. The highest BCUT2D eigenvalue weighted by atomic mass is 32.1. The number of rotatable bonds is 11. The Morgan fingerprint density at radius 2 is 1.69 bits per heavy atom. The molecule has 1 amide bonds. The highest BCUT2D eigenvalue weighted by Crippen LogP contribution is 2.37. The number of benzene rings is 4. The molecule has 4 N–H and O–H groups in total. The third-order valence-electron chi connectivity index (χ3n) is 7.35.